The maximum Gasteiger partial charge on any atom is 0.255 e. The number of rotatable bonds is 7. The highest BCUT2D eigenvalue weighted by Gasteiger charge is 2.33. The first-order valence-corrected chi connectivity index (χ1v) is 15.1. The molecule has 4 amide bonds. The molecule has 0 aromatic heterocycles. The lowest BCUT2D eigenvalue weighted by atomic mass is 10.0. The summed E-state index contributed by atoms with van der Waals surface area (Å²) in [6.45, 7) is 7.00. The number of carbonyl (C=O) groups excluding carboxylic acids is 4. The van der Waals surface area contributed by atoms with Crippen LogP contribution in [0.5, 0.6) is 5.75 Å². The van der Waals surface area contributed by atoms with Crippen LogP contribution < -0.4 is 15.4 Å². The fourth-order valence-corrected chi connectivity index (χ4v) is 5.37. The minimum atomic E-state index is -1.11. The van der Waals surface area contributed by atoms with Gasteiger partial charge in [-0.15, -0.1) is 0 Å². The molecular formula is C32H44N6O5. The van der Waals surface area contributed by atoms with Crippen molar-refractivity contribution in [1.82, 2.24) is 30.2 Å². The van der Waals surface area contributed by atoms with Crippen molar-refractivity contribution in [1.29, 1.82) is 0 Å². The summed E-state index contributed by atoms with van der Waals surface area (Å²) in [6, 6.07) is 14.3. The number of carbonyl (C=O) groups is 4. The normalized spacial score (nSPS) is 21.0. The van der Waals surface area contributed by atoms with E-state index in [1.165, 1.54) is 0 Å². The van der Waals surface area contributed by atoms with Crippen LogP contribution in [0.1, 0.15) is 29.3 Å². The minimum Gasteiger partial charge on any atom is -0.491 e. The van der Waals surface area contributed by atoms with Crippen molar-refractivity contribution in [3.05, 3.63) is 65.7 Å². The van der Waals surface area contributed by atoms with Crippen LogP contribution in [0.3, 0.4) is 0 Å². The number of nitrogens with one attached hydrogen (secondary N) is 2. The Bertz CT molecular complexity index is 1250. The van der Waals surface area contributed by atoms with E-state index in [1.807, 2.05) is 51.4 Å². The highest BCUT2D eigenvalue weighted by Crippen LogP contribution is 2.19. The van der Waals surface area contributed by atoms with Crippen molar-refractivity contribution in [3.8, 4) is 5.75 Å². The molecule has 0 radical (unpaired) electrons. The van der Waals surface area contributed by atoms with E-state index in [4.69, 9.17) is 4.74 Å². The number of benzene rings is 2. The standard InChI is InChI=1S/C32H44N6O5/c1-4-37-20-21-43-28-13-9-8-12-25(28)30(40)34-27(32(42)38-18-16-36(17-19-38)15-14-35(2)3)23-29(39)33-26(31(37)41)22-24-10-6-5-7-11-24/h5-13,26-27H,4,14-23H2,1-3H3,(H,33,39)(H,34,40)/t26-,27+/m1/s1. The molecule has 2 N–H and O–H groups in total. The highest BCUT2D eigenvalue weighted by molar-refractivity contribution is 6.01. The summed E-state index contributed by atoms with van der Waals surface area (Å²) in [5.74, 6) is -1.16. The summed E-state index contributed by atoms with van der Waals surface area (Å²) in [5.41, 5.74) is 1.17. The molecule has 2 aliphatic heterocycles. The topological polar surface area (TPSA) is 115 Å². The maximum atomic E-state index is 13.8. The van der Waals surface area contributed by atoms with Gasteiger partial charge in [-0.1, -0.05) is 42.5 Å². The minimum absolute atomic E-state index is 0.163. The molecule has 0 saturated carbocycles. The Hall–Kier alpha value is -3.96. The predicted molar refractivity (Wildman–Crippen MR) is 164 cm³/mol. The van der Waals surface area contributed by atoms with E-state index in [0.717, 1.165) is 18.7 Å². The average Bonchev–Trinajstić information content (AvgIpc) is 3.01. The van der Waals surface area contributed by atoms with Gasteiger partial charge in [0.25, 0.3) is 5.91 Å². The molecule has 1 saturated heterocycles. The third-order valence-corrected chi connectivity index (χ3v) is 7.90. The van der Waals surface area contributed by atoms with E-state index in [1.54, 1.807) is 34.1 Å². The zero-order valence-corrected chi connectivity index (χ0v) is 25.5. The zero-order chi connectivity index (χ0) is 30.8. The van der Waals surface area contributed by atoms with Crippen LogP contribution in [0.15, 0.2) is 54.6 Å². The van der Waals surface area contributed by atoms with Gasteiger partial charge < -0.3 is 30.1 Å². The number of hydrogen-bond acceptors (Lipinski definition) is 7. The maximum absolute atomic E-state index is 13.8. The number of ether oxygens (including phenoxy) is 1. The molecule has 4 rings (SSSR count). The van der Waals surface area contributed by atoms with E-state index >= 15 is 0 Å². The van der Waals surface area contributed by atoms with Crippen molar-refractivity contribution >= 4 is 23.6 Å². The molecule has 2 heterocycles. The molecule has 2 aromatic carbocycles. The molecule has 0 bridgehead atoms. The summed E-state index contributed by atoms with van der Waals surface area (Å²) in [4.78, 5) is 62.3. The van der Waals surface area contributed by atoms with Crippen LogP contribution in [0.4, 0.5) is 0 Å². The summed E-state index contributed by atoms with van der Waals surface area (Å²) < 4.78 is 5.98. The Morgan fingerprint density at radius 1 is 0.930 bits per heavy atom. The second-order valence-electron chi connectivity index (χ2n) is 11.3. The lowest BCUT2D eigenvalue weighted by Crippen LogP contribution is -2.57. The first kappa shape index (κ1) is 32.0. The molecule has 2 aromatic rings. The van der Waals surface area contributed by atoms with Crippen LogP contribution in [0.2, 0.25) is 0 Å². The van der Waals surface area contributed by atoms with Gasteiger partial charge in [-0.05, 0) is 38.7 Å². The fraction of sp³-hybridized carbons (Fsp3) is 0.500. The highest BCUT2D eigenvalue weighted by atomic mass is 16.5. The molecule has 11 nitrogen and oxygen atoms in total. The summed E-state index contributed by atoms with van der Waals surface area (Å²) >= 11 is 0. The van der Waals surface area contributed by atoms with Gasteiger partial charge in [-0.2, -0.15) is 0 Å². The predicted octanol–water partition coefficient (Wildman–Crippen LogP) is 0.849. The van der Waals surface area contributed by atoms with E-state index in [9.17, 15) is 19.2 Å². The molecular weight excluding hydrogens is 548 g/mol. The van der Waals surface area contributed by atoms with Crippen molar-refractivity contribution in [3.63, 3.8) is 0 Å². The van der Waals surface area contributed by atoms with Crippen molar-refractivity contribution in [2.24, 2.45) is 0 Å². The Balaban J connectivity index is 1.58. The van der Waals surface area contributed by atoms with Crippen molar-refractivity contribution in [2.45, 2.75) is 31.8 Å². The largest absolute Gasteiger partial charge is 0.491 e. The van der Waals surface area contributed by atoms with Gasteiger partial charge in [0.05, 0.1) is 18.5 Å². The smallest absolute Gasteiger partial charge is 0.255 e. The number of para-hydroxylation sites is 1. The van der Waals surface area contributed by atoms with Crippen molar-refractivity contribution < 1.29 is 23.9 Å². The van der Waals surface area contributed by atoms with Crippen molar-refractivity contribution in [2.75, 3.05) is 73.1 Å². The lowest BCUT2D eigenvalue weighted by molar-refractivity contribution is -0.139. The molecule has 0 aliphatic carbocycles. The van der Waals surface area contributed by atoms with Crippen LogP contribution in [0, 0.1) is 0 Å². The Labute approximate surface area is 254 Å². The van der Waals surface area contributed by atoms with Gasteiger partial charge in [-0.25, -0.2) is 0 Å². The van der Waals surface area contributed by atoms with Gasteiger partial charge in [0.2, 0.25) is 17.7 Å². The molecule has 2 atom stereocenters. The first-order chi connectivity index (χ1) is 20.7. The Morgan fingerprint density at radius 2 is 1.63 bits per heavy atom. The second-order valence-corrected chi connectivity index (χ2v) is 11.3. The van der Waals surface area contributed by atoms with Gasteiger partial charge in [0.15, 0.2) is 0 Å². The van der Waals surface area contributed by atoms with E-state index < -0.39 is 23.9 Å². The van der Waals surface area contributed by atoms with Crippen LogP contribution in [0.25, 0.3) is 0 Å². The molecule has 1 fully saturated rings. The van der Waals surface area contributed by atoms with Gasteiger partial charge in [0, 0.05) is 52.2 Å². The summed E-state index contributed by atoms with van der Waals surface area (Å²) in [6.07, 6.45) is 0.00458. The quantitative estimate of drug-likeness (QED) is 0.490. The van der Waals surface area contributed by atoms with Gasteiger partial charge in [0.1, 0.15) is 24.4 Å². The van der Waals surface area contributed by atoms with Crippen LogP contribution in [-0.4, -0.2) is 128 Å². The van der Waals surface area contributed by atoms with E-state index in [2.05, 4.69) is 20.4 Å². The Morgan fingerprint density at radius 3 is 2.33 bits per heavy atom. The molecule has 232 valence electrons. The number of likely N-dealkylation sites (N-methyl/N-ethyl adjacent to an activating group) is 2. The van der Waals surface area contributed by atoms with E-state index in [-0.39, 0.29) is 37.0 Å². The zero-order valence-electron chi connectivity index (χ0n) is 25.5. The molecule has 0 unspecified atom stereocenters. The third-order valence-electron chi connectivity index (χ3n) is 7.90. The molecule has 43 heavy (non-hydrogen) atoms. The van der Waals surface area contributed by atoms with Gasteiger partial charge >= 0.3 is 0 Å². The van der Waals surface area contributed by atoms with Crippen LogP contribution in [-0.2, 0) is 20.8 Å². The number of nitrogens with zero attached hydrogens (tertiary/aromatic N) is 4. The number of fused-ring (bicyclic) bond motifs is 1. The second kappa shape index (κ2) is 15.5. The summed E-state index contributed by atoms with van der Waals surface area (Å²) in [7, 11) is 4.06. The number of amides is 4. The monoisotopic (exact) mass is 592 g/mol. The average molecular weight is 593 g/mol. The van der Waals surface area contributed by atoms with E-state index in [0.29, 0.717) is 44.9 Å². The fourth-order valence-electron chi connectivity index (χ4n) is 5.37. The lowest BCUT2D eigenvalue weighted by Gasteiger charge is -2.37. The summed E-state index contributed by atoms with van der Waals surface area (Å²) in [5, 5.41) is 5.70. The third kappa shape index (κ3) is 9.01. The first-order valence-electron chi connectivity index (χ1n) is 15.1. The Kier molecular flexibility index (Phi) is 11.5. The molecule has 11 heteroatoms. The number of piperazine rings is 1. The van der Waals surface area contributed by atoms with Gasteiger partial charge in [-0.3, -0.25) is 24.1 Å². The SMILES string of the molecule is CCN1CCOc2ccccc2C(=O)N[C@H](C(=O)N2CCN(CCN(C)C)CC2)CC(=O)N[C@H](Cc2ccccc2)C1=O. The molecule has 0 spiro atoms. The molecule has 2 aliphatic rings. The number of hydrogen-bond donors (Lipinski definition) is 2. The van der Waals surface area contributed by atoms with Crippen LogP contribution >= 0.6 is 0 Å².